The number of carbonyl (C=O) groups is 1. The summed E-state index contributed by atoms with van der Waals surface area (Å²) in [5.74, 6) is -0.0682. The van der Waals surface area contributed by atoms with Crippen molar-refractivity contribution in [3.05, 3.63) is 64.8 Å². The highest BCUT2D eigenvalue weighted by molar-refractivity contribution is 6.00. The van der Waals surface area contributed by atoms with Crippen LogP contribution in [0.2, 0.25) is 0 Å². The summed E-state index contributed by atoms with van der Waals surface area (Å²) in [4.78, 5) is 13.5. The van der Waals surface area contributed by atoms with E-state index in [0.717, 1.165) is 33.5 Å². The van der Waals surface area contributed by atoms with E-state index >= 15 is 0 Å². The first-order chi connectivity index (χ1) is 15.3. The van der Waals surface area contributed by atoms with Crippen molar-refractivity contribution in [1.29, 1.82) is 5.26 Å². The van der Waals surface area contributed by atoms with Crippen LogP contribution in [-0.2, 0) is 17.3 Å². The van der Waals surface area contributed by atoms with Gasteiger partial charge in [-0.1, -0.05) is 25.1 Å². The van der Waals surface area contributed by atoms with E-state index in [-0.39, 0.29) is 17.6 Å². The van der Waals surface area contributed by atoms with Crippen LogP contribution in [0.15, 0.2) is 63.7 Å². The first-order valence-electron chi connectivity index (χ1n) is 10.8. The van der Waals surface area contributed by atoms with E-state index in [1.54, 1.807) is 24.1 Å². The van der Waals surface area contributed by atoms with Gasteiger partial charge in [-0.25, -0.2) is 0 Å². The molecule has 2 N–H and O–H groups in total. The van der Waals surface area contributed by atoms with Crippen LogP contribution in [0.5, 0.6) is 0 Å². The number of hydrogen-bond acceptors (Lipinski definition) is 6. The monoisotopic (exact) mass is 427 g/mol. The first-order valence-corrected chi connectivity index (χ1v) is 10.8. The number of nitriles is 1. The van der Waals surface area contributed by atoms with Gasteiger partial charge >= 0.3 is 0 Å². The molecule has 0 fully saturated rings. The number of hydrogen-bond donors (Lipinski definition) is 2. The maximum atomic E-state index is 13.5. The number of nitrogens with one attached hydrogen (secondary N) is 2. The minimum absolute atomic E-state index is 0.0682. The van der Waals surface area contributed by atoms with Crippen molar-refractivity contribution in [2.45, 2.75) is 50.7 Å². The molecule has 162 valence electrons. The highest BCUT2D eigenvalue weighted by atomic mass is 16.2. The second-order valence-electron chi connectivity index (χ2n) is 9.21. The lowest BCUT2D eigenvalue weighted by Crippen LogP contribution is -2.58. The molecule has 32 heavy (non-hydrogen) atoms. The van der Waals surface area contributed by atoms with Gasteiger partial charge in [0.25, 0.3) is 5.91 Å². The molecule has 0 radical (unpaired) electrons. The second kappa shape index (κ2) is 6.89. The lowest BCUT2D eigenvalue weighted by atomic mass is 9.62. The molecule has 1 unspecified atom stereocenters. The van der Waals surface area contributed by atoms with Crippen LogP contribution in [-0.4, -0.2) is 27.4 Å². The van der Waals surface area contributed by atoms with E-state index in [1.807, 2.05) is 26.0 Å². The molecule has 2 atom stereocenters. The Balaban J connectivity index is 1.75. The quantitative estimate of drug-likeness (QED) is 0.782. The van der Waals surface area contributed by atoms with E-state index in [0.29, 0.717) is 18.5 Å². The number of carbonyl (C=O) groups excluding carboxylic acids is 1. The number of amides is 1. The minimum atomic E-state index is -0.666. The molecule has 1 aromatic carbocycles. The molecule has 8 heteroatoms. The Kier molecular flexibility index (Phi) is 4.35. The Labute approximate surface area is 186 Å². The van der Waals surface area contributed by atoms with Crippen LogP contribution in [0.4, 0.5) is 0 Å². The molecule has 0 saturated carbocycles. The standard InChI is InChI=1S/C24H25N7O/c1-5-24(15-8-6-7-14(9-15)16-12-27-31(4)19(16)11-25)17-13-26-30-21(17)28-18-10-23(2,3)29-22(32)20(18)24/h6-9,12-13,21,28H,5,10H2,1-4H3,(H,29,32)/t21?,24-/m1/s1. The molecule has 4 heterocycles. The van der Waals surface area contributed by atoms with Gasteiger partial charge in [-0.3, -0.25) is 9.48 Å². The van der Waals surface area contributed by atoms with E-state index in [4.69, 9.17) is 0 Å². The van der Waals surface area contributed by atoms with Crippen molar-refractivity contribution in [3.8, 4) is 17.2 Å². The Morgan fingerprint density at radius 3 is 2.91 bits per heavy atom. The number of aryl methyl sites for hydroxylation is 1. The summed E-state index contributed by atoms with van der Waals surface area (Å²) in [5.41, 5.74) is 4.76. The lowest BCUT2D eigenvalue weighted by molar-refractivity contribution is -0.120. The van der Waals surface area contributed by atoms with Gasteiger partial charge in [-0.05, 0) is 37.5 Å². The fourth-order valence-corrected chi connectivity index (χ4v) is 5.34. The van der Waals surface area contributed by atoms with E-state index in [2.05, 4.69) is 51.1 Å². The fraction of sp³-hybridized carbons (Fsp3) is 0.375. The Morgan fingerprint density at radius 1 is 1.34 bits per heavy atom. The van der Waals surface area contributed by atoms with Crippen LogP contribution in [0.25, 0.3) is 11.1 Å². The number of fused-ring (bicyclic) bond motifs is 1. The molecule has 0 saturated heterocycles. The van der Waals surface area contributed by atoms with Gasteiger partial charge in [-0.15, -0.1) is 0 Å². The molecular formula is C24H25N7O. The zero-order valence-corrected chi connectivity index (χ0v) is 18.6. The van der Waals surface area contributed by atoms with Crippen molar-refractivity contribution < 1.29 is 4.79 Å². The Morgan fingerprint density at radius 2 is 2.16 bits per heavy atom. The number of benzene rings is 1. The molecule has 3 aliphatic rings. The van der Waals surface area contributed by atoms with Crippen molar-refractivity contribution in [2.24, 2.45) is 17.3 Å². The third-order valence-electron chi connectivity index (χ3n) is 6.74. The average Bonchev–Trinajstić information content (AvgIpc) is 3.37. The van der Waals surface area contributed by atoms with Gasteiger partial charge in [0.15, 0.2) is 6.17 Å². The van der Waals surface area contributed by atoms with Crippen LogP contribution in [0.3, 0.4) is 0 Å². The number of azo groups is 1. The topological polar surface area (TPSA) is 107 Å². The van der Waals surface area contributed by atoms with Crippen molar-refractivity contribution >= 4 is 5.91 Å². The third-order valence-corrected chi connectivity index (χ3v) is 6.74. The summed E-state index contributed by atoms with van der Waals surface area (Å²) < 4.78 is 1.58. The van der Waals surface area contributed by atoms with Crippen LogP contribution in [0, 0.1) is 11.3 Å². The van der Waals surface area contributed by atoms with Gasteiger partial charge in [0, 0.05) is 35.8 Å². The first kappa shape index (κ1) is 20.2. The molecule has 5 rings (SSSR count). The molecular weight excluding hydrogens is 402 g/mol. The Bertz CT molecular complexity index is 1270. The second-order valence-corrected chi connectivity index (χ2v) is 9.21. The summed E-state index contributed by atoms with van der Waals surface area (Å²) in [6.45, 7) is 6.15. The van der Waals surface area contributed by atoms with Crippen LogP contribution >= 0.6 is 0 Å². The maximum Gasteiger partial charge on any atom is 0.250 e. The van der Waals surface area contributed by atoms with Gasteiger partial charge in [0.2, 0.25) is 0 Å². The average molecular weight is 428 g/mol. The van der Waals surface area contributed by atoms with Crippen LogP contribution in [0.1, 0.15) is 44.9 Å². The molecule has 0 spiro atoms. The maximum absolute atomic E-state index is 13.5. The summed E-state index contributed by atoms with van der Waals surface area (Å²) in [6, 6.07) is 10.3. The smallest absolute Gasteiger partial charge is 0.250 e. The van der Waals surface area contributed by atoms with Crippen molar-refractivity contribution in [2.75, 3.05) is 0 Å². The largest absolute Gasteiger partial charge is 0.362 e. The summed E-state index contributed by atoms with van der Waals surface area (Å²) in [7, 11) is 1.76. The SMILES string of the molecule is CC[C@@]1(c2cccc(-c3cnn(C)c3C#N)c2)C2=CN=NC2NC2=C1C(=O)NC(C)(C)C2. The predicted octanol–water partition coefficient (Wildman–Crippen LogP) is 3.44. The summed E-state index contributed by atoms with van der Waals surface area (Å²) >= 11 is 0. The van der Waals surface area contributed by atoms with Gasteiger partial charge < -0.3 is 10.6 Å². The highest BCUT2D eigenvalue weighted by Crippen LogP contribution is 2.51. The molecule has 0 aliphatic carbocycles. The zero-order chi connectivity index (χ0) is 22.7. The fourth-order valence-electron chi connectivity index (χ4n) is 5.34. The summed E-state index contributed by atoms with van der Waals surface area (Å²) in [5, 5.41) is 29.1. The summed E-state index contributed by atoms with van der Waals surface area (Å²) in [6.07, 6.45) is 4.58. The molecule has 0 bridgehead atoms. The molecule has 1 aromatic heterocycles. The predicted molar refractivity (Wildman–Crippen MR) is 119 cm³/mol. The van der Waals surface area contributed by atoms with Gasteiger partial charge in [0.05, 0.1) is 23.4 Å². The van der Waals surface area contributed by atoms with E-state index in [1.165, 1.54) is 0 Å². The van der Waals surface area contributed by atoms with Crippen LogP contribution < -0.4 is 10.6 Å². The molecule has 8 nitrogen and oxygen atoms in total. The van der Waals surface area contributed by atoms with Gasteiger partial charge in [-0.2, -0.15) is 20.6 Å². The van der Waals surface area contributed by atoms with Crippen molar-refractivity contribution in [3.63, 3.8) is 0 Å². The molecule has 1 amide bonds. The van der Waals surface area contributed by atoms with Crippen molar-refractivity contribution in [1.82, 2.24) is 20.4 Å². The van der Waals surface area contributed by atoms with E-state index in [9.17, 15) is 10.1 Å². The number of rotatable bonds is 3. The third kappa shape index (κ3) is 2.74. The number of aromatic nitrogens is 2. The van der Waals surface area contributed by atoms with Gasteiger partial charge in [0.1, 0.15) is 11.8 Å². The normalized spacial score (nSPS) is 25.4. The zero-order valence-electron chi connectivity index (χ0n) is 18.6. The molecule has 2 aromatic rings. The highest BCUT2D eigenvalue weighted by Gasteiger charge is 2.53. The number of nitrogens with zero attached hydrogens (tertiary/aromatic N) is 5. The minimum Gasteiger partial charge on any atom is -0.362 e. The Hall–Kier alpha value is -3.73. The molecule has 3 aliphatic heterocycles. The lowest BCUT2D eigenvalue weighted by Gasteiger charge is -2.48. The van der Waals surface area contributed by atoms with E-state index < -0.39 is 5.41 Å².